The van der Waals surface area contributed by atoms with Crippen LogP contribution in [0, 0.1) is 13.8 Å². The number of para-hydroxylation sites is 1. The van der Waals surface area contributed by atoms with Crippen molar-refractivity contribution in [3.8, 4) is 5.75 Å². The first-order valence-corrected chi connectivity index (χ1v) is 11.6. The van der Waals surface area contributed by atoms with Crippen LogP contribution in [0.1, 0.15) is 32.6 Å². The van der Waals surface area contributed by atoms with Crippen LogP contribution in [0.3, 0.4) is 0 Å². The Kier molecular flexibility index (Phi) is 7.16. The fourth-order valence-electron chi connectivity index (χ4n) is 3.45. The number of aryl methyl sites for hydroxylation is 2. The standard InChI is InChI=1S/C26H23BrClN3O2/c1-17-4-3-5-18(2)24(17)33-16-20-6-10-21(11-7-20)26(32)29-25-23(27)15-31(30-25)14-19-8-12-22(28)13-9-19/h3-13,15H,14,16H2,1-2H3,(H,29,30,32). The third kappa shape index (κ3) is 5.83. The maximum absolute atomic E-state index is 12.7. The molecular formula is C26H23BrClN3O2. The van der Waals surface area contributed by atoms with E-state index in [0.29, 0.717) is 34.0 Å². The molecule has 0 radical (unpaired) electrons. The van der Waals surface area contributed by atoms with Crippen LogP contribution in [0.4, 0.5) is 5.82 Å². The molecule has 1 aromatic heterocycles. The molecule has 0 unspecified atom stereocenters. The maximum Gasteiger partial charge on any atom is 0.256 e. The van der Waals surface area contributed by atoms with Crippen LogP contribution in [0.5, 0.6) is 5.75 Å². The smallest absolute Gasteiger partial charge is 0.256 e. The Balaban J connectivity index is 1.37. The van der Waals surface area contributed by atoms with Crippen molar-refractivity contribution in [2.75, 3.05) is 5.32 Å². The Bertz CT molecular complexity index is 1250. The van der Waals surface area contributed by atoms with E-state index >= 15 is 0 Å². The molecule has 0 spiro atoms. The third-order valence-corrected chi connectivity index (χ3v) is 6.05. The third-order valence-electron chi connectivity index (χ3n) is 5.21. The second kappa shape index (κ2) is 10.2. The molecule has 0 aliphatic heterocycles. The molecule has 7 heteroatoms. The lowest BCUT2D eigenvalue weighted by atomic mass is 10.1. The summed E-state index contributed by atoms with van der Waals surface area (Å²) in [5, 5.41) is 8.03. The SMILES string of the molecule is Cc1cccc(C)c1OCc1ccc(C(=O)Nc2nn(Cc3ccc(Cl)cc3)cc2Br)cc1. The predicted molar refractivity (Wildman–Crippen MR) is 135 cm³/mol. The summed E-state index contributed by atoms with van der Waals surface area (Å²) in [7, 11) is 0. The van der Waals surface area contributed by atoms with Crippen molar-refractivity contribution >= 4 is 39.3 Å². The monoisotopic (exact) mass is 523 g/mol. The van der Waals surface area contributed by atoms with Gasteiger partial charge in [-0.1, -0.05) is 54.1 Å². The summed E-state index contributed by atoms with van der Waals surface area (Å²) in [4.78, 5) is 12.7. The normalized spacial score (nSPS) is 10.8. The molecule has 5 nitrogen and oxygen atoms in total. The van der Waals surface area contributed by atoms with E-state index in [0.717, 1.165) is 28.0 Å². The van der Waals surface area contributed by atoms with Crippen molar-refractivity contribution in [3.63, 3.8) is 0 Å². The number of nitrogens with one attached hydrogen (secondary N) is 1. The highest BCUT2D eigenvalue weighted by Gasteiger charge is 2.13. The molecule has 168 valence electrons. The summed E-state index contributed by atoms with van der Waals surface area (Å²) >= 11 is 9.42. The molecule has 0 atom stereocenters. The average molecular weight is 525 g/mol. The zero-order chi connectivity index (χ0) is 23.4. The van der Waals surface area contributed by atoms with E-state index in [1.165, 1.54) is 0 Å². The Labute approximate surface area is 206 Å². The van der Waals surface area contributed by atoms with E-state index in [-0.39, 0.29) is 5.91 Å². The lowest BCUT2D eigenvalue weighted by Gasteiger charge is -2.12. The number of carbonyl (C=O) groups is 1. The molecule has 3 aromatic carbocycles. The van der Waals surface area contributed by atoms with Gasteiger partial charge in [0.1, 0.15) is 12.4 Å². The van der Waals surface area contributed by atoms with Crippen molar-refractivity contribution in [2.45, 2.75) is 27.0 Å². The van der Waals surface area contributed by atoms with Gasteiger partial charge in [-0.3, -0.25) is 9.48 Å². The van der Waals surface area contributed by atoms with Crippen molar-refractivity contribution in [3.05, 3.63) is 110 Å². The molecule has 0 aliphatic rings. The quantitative estimate of drug-likeness (QED) is 0.289. The summed E-state index contributed by atoms with van der Waals surface area (Å²) < 4.78 is 8.47. The number of rotatable bonds is 7. The van der Waals surface area contributed by atoms with Gasteiger partial charge in [0, 0.05) is 16.8 Å². The first kappa shape index (κ1) is 23.1. The van der Waals surface area contributed by atoms with Gasteiger partial charge in [0.05, 0.1) is 11.0 Å². The molecule has 0 bridgehead atoms. The number of hydrogen-bond acceptors (Lipinski definition) is 3. The van der Waals surface area contributed by atoms with Gasteiger partial charge in [-0.05, 0) is 76.3 Å². The molecule has 0 saturated carbocycles. The summed E-state index contributed by atoms with van der Waals surface area (Å²) in [5.41, 5.74) is 4.80. The second-order valence-corrected chi connectivity index (χ2v) is 9.10. The average Bonchev–Trinajstić information content (AvgIpc) is 3.13. The maximum atomic E-state index is 12.7. The summed E-state index contributed by atoms with van der Waals surface area (Å²) in [5.74, 6) is 1.14. The molecule has 0 saturated heterocycles. The van der Waals surface area contributed by atoms with Gasteiger partial charge in [-0.15, -0.1) is 0 Å². The fraction of sp³-hybridized carbons (Fsp3) is 0.154. The molecule has 4 rings (SSSR count). The number of anilines is 1. The van der Waals surface area contributed by atoms with Crippen LogP contribution in [0.25, 0.3) is 0 Å². The second-order valence-electron chi connectivity index (χ2n) is 7.81. The topological polar surface area (TPSA) is 56.1 Å². The minimum absolute atomic E-state index is 0.227. The van der Waals surface area contributed by atoms with Gasteiger partial charge in [0.2, 0.25) is 0 Å². The fourth-order valence-corrected chi connectivity index (χ4v) is 3.99. The molecule has 33 heavy (non-hydrogen) atoms. The molecule has 0 aliphatic carbocycles. The van der Waals surface area contributed by atoms with Gasteiger partial charge < -0.3 is 10.1 Å². The van der Waals surface area contributed by atoms with Crippen LogP contribution < -0.4 is 10.1 Å². The molecule has 0 fully saturated rings. The van der Waals surface area contributed by atoms with Crippen LogP contribution in [-0.4, -0.2) is 15.7 Å². The number of amides is 1. The van der Waals surface area contributed by atoms with E-state index in [4.69, 9.17) is 16.3 Å². The van der Waals surface area contributed by atoms with Crippen LogP contribution in [-0.2, 0) is 13.2 Å². The van der Waals surface area contributed by atoms with Crippen molar-refractivity contribution < 1.29 is 9.53 Å². The Hall–Kier alpha value is -3.09. The minimum atomic E-state index is -0.227. The van der Waals surface area contributed by atoms with Gasteiger partial charge in [-0.2, -0.15) is 5.10 Å². The summed E-state index contributed by atoms with van der Waals surface area (Å²) in [6, 6.07) is 21.0. The predicted octanol–water partition coefficient (Wildman–Crippen LogP) is 6.80. The highest BCUT2D eigenvalue weighted by molar-refractivity contribution is 9.10. The van der Waals surface area contributed by atoms with Crippen molar-refractivity contribution in [1.29, 1.82) is 0 Å². The van der Waals surface area contributed by atoms with E-state index in [1.807, 2.05) is 74.6 Å². The van der Waals surface area contributed by atoms with Crippen molar-refractivity contribution in [2.24, 2.45) is 0 Å². The van der Waals surface area contributed by atoms with E-state index < -0.39 is 0 Å². The highest BCUT2D eigenvalue weighted by atomic mass is 79.9. The number of ether oxygens (including phenoxy) is 1. The number of aromatic nitrogens is 2. The number of benzene rings is 3. The molecule has 1 N–H and O–H groups in total. The largest absolute Gasteiger partial charge is 0.488 e. The molecule has 1 amide bonds. The van der Waals surface area contributed by atoms with E-state index in [1.54, 1.807) is 16.8 Å². The highest BCUT2D eigenvalue weighted by Crippen LogP contribution is 2.24. The number of nitrogens with zero attached hydrogens (tertiary/aromatic N) is 2. The Morgan fingerprint density at radius 2 is 1.64 bits per heavy atom. The van der Waals surface area contributed by atoms with Gasteiger partial charge in [0.25, 0.3) is 5.91 Å². The van der Waals surface area contributed by atoms with Crippen molar-refractivity contribution in [1.82, 2.24) is 9.78 Å². The van der Waals surface area contributed by atoms with E-state index in [2.05, 4.69) is 26.3 Å². The van der Waals surface area contributed by atoms with E-state index in [9.17, 15) is 4.79 Å². The minimum Gasteiger partial charge on any atom is -0.488 e. The lowest BCUT2D eigenvalue weighted by Crippen LogP contribution is -2.13. The van der Waals surface area contributed by atoms with Gasteiger partial charge in [0.15, 0.2) is 5.82 Å². The van der Waals surface area contributed by atoms with Gasteiger partial charge in [-0.25, -0.2) is 0 Å². The van der Waals surface area contributed by atoms with Gasteiger partial charge >= 0.3 is 0 Å². The van der Waals surface area contributed by atoms with Crippen LogP contribution in [0.15, 0.2) is 77.4 Å². The zero-order valence-corrected chi connectivity index (χ0v) is 20.7. The summed E-state index contributed by atoms with van der Waals surface area (Å²) in [6.45, 7) is 5.07. The molecule has 4 aromatic rings. The first-order valence-electron chi connectivity index (χ1n) is 10.5. The van der Waals surface area contributed by atoms with Crippen LogP contribution in [0.2, 0.25) is 5.02 Å². The molecular weight excluding hydrogens is 502 g/mol. The van der Waals surface area contributed by atoms with Crippen LogP contribution >= 0.6 is 27.5 Å². The first-order chi connectivity index (χ1) is 15.9. The number of halogens is 2. The molecule has 1 heterocycles. The zero-order valence-electron chi connectivity index (χ0n) is 18.3. The number of carbonyl (C=O) groups excluding carboxylic acids is 1. The Morgan fingerprint density at radius 1 is 1.00 bits per heavy atom. The lowest BCUT2D eigenvalue weighted by molar-refractivity contribution is 0.102. The Morgan fingerprint density at radius 3 is 2.30 bits per heavy atom. The number of hydrogen-bond donors (Lipinski definition) is 1. The summed E-state index contributed by atoms with van der Waals surface area (Å²) in [6.07, 6.45) is 1.83.